The molecule has 0 aliphatic rings. The summed E-state index contributed by atoms with van der Waals surface area (Å²) in [5, 5.41) is 0. The van der Waals surface area contributed by atoms with E-state index in [4.69, 9.17) is 10.5 Å². The molecule has 0 aliphatic heterocycles. The number of hydrogen-bond acceptors (Lipinski definition) is 3. The number of ether oxygens (including phenoxy) is 1. The molecular formula is C13H13FN2O. The molecule has 0 spiro atoms. The Morgan fingerprint density at radius 1 is 1.18 bits per heavy atom. The summed E-state index contributed by atoms with van der Waals surface area (Å²) in [7, 11) is 1.43. The molecule has 1 heterocycles. The molecule has 1 aromatic heterocycles. The molecule has 2 N–H and O–H groups in total. The van der Waals surface area contributed by atoms with Crippen LogP contribution in [0.25, 0.3) is 0 Å². The third kappa shape index (κ3) is 2.42. The fourth-order valence-electron chi connectivity index (χ4n) is 1.64. The van der Waals surface area contributed by atoms with Gasteiger partial charge < -0.3 is 10.5 Å². The van der Waals surface area contributed by atoms with E-state index in [-0.39, 0.29) is 11.8 Å². The lowest BCUT2D eigenvalue weighted by molar-refractivity contribution is 0.386. The summed E-state index contributed by atoms with van der Waals surface area (Å²) < 4.78 is 18.4. The Morgan fingerprint density at radius 2 is 1.88 bits per heavy atom. The summed E-state index contributed by atoms with van der Waals surface area (Å²) in [6.07, 6.45) is 3.32. The van der Waals surface area contributed by atoms with Crippen LogP contribution in [0.3, 0.4) is 0 Å². The molecule has 0 bridgehead atoms. The van der Waals surface area contributed by atoms with Crippen molar-refractivity contribution in [3.8, 4) is 5.75 Å². The van der Waals surface area contributed by atoms with Crippen LogP contribution in [0.5, 0.6) is 5.75 Å². The zero-order valence-electron chi connectivity index (χ0n) is 9.43. The molecule has 2 rings (SSSR count). The van der Waals surface area contributed by atoms with Crippen LogP contribution in [-0.2, 0) is 0 Å². The van der Waals surface area contributed by atoms with Crippen molar-refractivity contribution in [2.45, 2.75) is 6.04 Å². The second-order valence-electron chi connectivity index (χ2n) is 3.65. The quantitative estimate of drug-likeness (QED) is 0.883. The molecule has 1 atom stereocenters. The van der Waals surface area contributed by atoms with E-state index in [9.17, 15) is 4.39 Å². The highest BCUT2D eigenvalue weighted by molar-refractivity contribution is 5.35. The van der Waals surface area contributed by atoms with Gasteiger partial charge in [0.25, 0.3) is 0 Å². The van der Waals surface area contributed by atoms with E-state index in [0.717, 1.165) is 5.56 Å². The maximum atomic E-state index is 13.5. The second kappa shape index (κ2) is 4.93. The van der Waals surface area contributed by atoms with Crippen molar-refractivity contribution in [1.29, 1.82) is 0 Å². The predicted octanol–water partition coefficient (Wildman–Crippen LogP) is 2.28. The molecule has 0 saturated heterocycles. The molecule has 88 valence electrons. The van der Waals surface area contributed by atoms with Crippen molar-refractivity contribution < 1.29 is 9.13 Å². The van der Waals surface area contributed by atoms with Crippen molar-refractivity contribution in [2.75, 3.05) is 7.11 Å². The summed E-state index contributed by atoms with van der Waals surface area (Å²) in [5.41, 5.74) is 7.64. The van der Waals surface area contributed by atoms with Crippen LogP contribution in [0.1, 0.15) is 17.2 Å². The average Bonchev–Trinajstić information content (AvgIpc) is 2.39. The van der Waals surface area contributed by atoms with E-state index in [1.54, 1.807) is 24.5 Å². The standard InChI is InChI=1S/C13H13FN2O/c1-17-12-3-2-10(8-11(12)14)13(15)9-4-6-16-7-5-9/h2-8,13H,15H2,1H3. The highest BCUT2D eigenvalue weighted by Crippen LogP contribution is 2.24. The van der Waals surface area contributed by atoms with Crippen LogP contribution in [0, 0.1) is 5.82 Å². The first-order valence-electron chi connectivity index (χ1n) is 5.21. The molecule has 0 amide bonds. The molecule has 2 aromatic rings. The Morgan fingerprint density at radius 3 is 2.47 bits per heavy atom. The Hall–Kier alpha value is -1.94. The van der Waals surface area contributed by atoms with Crippen LogP contribution in [0.15, 0.2) is 42.7 Å². The SMILES string of the molecule is COc1ccc(C(N)c2ccncc2)cc1F. The largest absolute Gasteiger partial charge is 0.494 e. The van der Waals surface area contributed by atoms with Gasteiger partial charge in [-0.15, -0.1) is 0 Å². The van der Waals surface area contributed by atoms with Crippen molar-refractivity contribution in [3.05, 3.63) is 59.7 Å². The Kier molecular flexibility index (Phi) is 3.35. The number of methoxy groups -OCH3 is 1. The molecule has 17 heavy (non-hydrogen) atoms. The number of hydrogen-bond donors (Lipinski definition) is 1. The molecule has 3 nitrogen and oxygen atoms in total. The summed E-state index contributed by atoms with van der Waals surface area (Å²) >= 11 is 0. The van der Waals surface area contributed by atoms with Gasteiger partial charge in [-0.25, -0.2) is 4.39 Å². The Labute approximate surface area is 99.1 Å². The number of nitrogens with two attached hydrogens (primary N) is 1. The molecular weight excluding hydrogens is 219 g/mol. The maximum Gasteiger partial charge on any atom is 0.165 e. The van der Waals surface area contributed by atoms with E-state index in [1.165, 1.54) is 13.2 Å². The van der Waals surface area contributed by atoms with E-state index in [0.29, 0.717) is 5.56 Å². The van der Waals surface area contributed by atoms with Crippen LogP contribution in [-0.4, -0.2) is 12.1 Å². The number of aromatic nitrogens is 1. The van der Waals surface area contributed by atoms with Gasteiger partial charge in [-0.05, 0) is 35.4 Å². The predicted molar refractivity (Wildman–Crippen MR) is 63.2 cm³/mol. The third-order valence-electron chi connectivity index (χ3n) is 2.60. The number of nitrogens with zero attached hydrogens (tertiary/aromatic N) is 1. The first-order valence-corrected chi connectivity index (χ1v) is 5.21. The highest BCUT2D eigenvalue weighted by atomic mass is 19.1. The minimum Gasteiger partial charge on any atom is -0.494 e. The zero-order chi connectivity index (χ0) is 12.3. The van der Waals surface area contributed by atoms with Gasteiger partial charge in [0.1, 0.15) is 0 Å². The third-order valence-corrected chi connectivity index (χ3v) is 2.60. The van der Waals surface area contributed by atoms with Gasteiger partial charge in [0.05, 0.1) is 13.2 Å². The smallest absolute Gasteiger partial charge is 0.165 e. The van der Waals surface area contributed by atoms with E-state index < -0.39 is 5.82 Å². The molecule has 1 unspecified atom stereocenters. The minimum absolute atomic E-state index is 0.218. The average molecular weight is 232 g/mol. The molecule has 1 aromatic carbocycles. The first-order chi connectivity index (χ1) is 8.22. The molecule has 0 fully saturated rings. The van der Waals surface area contributed by atoms with E-state index >= 15 is 0 Å². The molecule has 4 heteroatoms. The van der Waals surface area contributed by atoms with Gasteiger partial charge in [-0.1, -0.05) is 6.07 Å². The zero-order valence-corrected chi connectivity index (χ0v) is 9.43. The topological polar surface area (TPSA) is 48.1 Å². The van der Waals surface area contributed by atoms with Crippen molar-refractivity contribution >= 4 is 0 Å². The van der Waals surface area contributed by atoms with E-state index in [2.05, 4.69) is 4.98 Å². The van der Waals surface area contributed by atoms with Gasteiger partial charge in [0.15, 0.2) is 11.6 Å². The molecule has 0 aliphatic carbocycles. The maximum absolute atomic E-state index is 13.5. The normalized spacial score (nSPS) is 12.2. The van der Waals surface area contributed by atoms with Crippen LogP contribution >= 0.6 is 0 Å². The Balaban J connectivity index is 2.32. The number of benzene rings is 1. The first kappa shape index (κ1) is 11.5. The van der Waals surface area contributed by atoms with Crippen LogP contribution in [0.2, 0.25) is 0 Å². The summed E-state index contributed by atoms with van der Waals surface area (Å²) in [4.78, 5) is 3.92. The second-order valence-corrected chi connectivity index (χ2v) is 3.65. The van der Waals surface area contributed by atoms with Gasteiger partial charge in [-0.2, -0.15) is 0 Å². The fraction of sp³-hybridized carbons (Fsp3) is 0.154. The lowest BCUT2D eigenvalue weighted by Crippen LogP contribution is -2.12. The number of rotatable bonds is 3. The fourth-order valence-corrected chi connectivity index (χ4v) is 1.64. The van der Waals surface area contributed by atoms with Gasteiger partial charge in [0, 0.05) is 12.4 Å². The minimum atomic E-state index is -0.408. The molecule has 0 radical (unpaired) electrons. The van der Waals surface area contributed by atoms with Crippen LogP contribution in [0.4, 0.5) is 4.39 Å². The Bertz CT molecular complexity index is 502. The van der Waals surface area contributed by atoms with Crippen molar-refractivity contribution in [2.24, 2.45) is 5.73 Å². The van der Waals surface area contributed by atoms with Crippen molar-refractivity contribution in [3.63, 3.8) is 0 Å². The highest BCUT2D eigenvalue weighted by Gasteiger charge is 2.11. The lowest BCUT2D eigenvalue weighted by Gasteiger charge is -2.13. The van der Waals surface area contributed by atoms with Gasteiger partial charge in [-0.3, -0.25) is 4.98 Å². The number of pyridine rings is 1. The number of halogens is 1. The van der Waals surface area contributed by atoms with Gasteiger partial charge >= 0.3 is 0 Å². The van der Waals surface area contributed by atoms with Crippen LogP contribution < -0.4 is 10.5 Å². The summed E-state index contributed by atoms with van der Waals surface area (Å²) in [6, 6.07) is 7.99. The summed E-state index contributed by atoms with van der Waals surface area (Å²) in [6.45, 7) is 0. The molecule has 0 saturated carbocycles. The van der Waals surface area contributed by atoms with Gasteiger partial charge in [0.2, 0.25) is 0 Å². The lowest BCUT2D eigenvalue weighted by atomic mass is 10.0. The summed E-state index contributed by atoms with van der Waals surface area (Å²) in [5.74, 6) is -0.190. The monoisotopic (exact) mass is 232 g/mol. The van der Waals surface area contributed by atoms with Crippen molar-refractivity contribution in [1.82, 2.24) is 4.98 Å². The van der Waals surface area contributed by atoms with E-state index in [1.807, 2.05) is 12.1 Å².